The van der Waals surface area contributed by atoms with Crippen LogP contribution in [0.3, 0.4) is 0 Å². The minimum absolute atomic E-state index is 0.572. The van der Waals surface area contributed by atoms with Crippen molar-refractivity contribution in [1.29, 1.82) is 0 Å². The van der Waals surface area contributed by atoms with Gasteiger partial charge in [0, 0.05) is 38.4 Å². The Morgan fingerprint density at radius 2 is 0.714 bits per heavy atom. The molecule has 8 aromatic carbocycles. The summed E-state index contributed by atoms with van der Waals surface area (Å²) in [6.07, 6.45) is 0. The van der Waals surface area contributed by atoms with Gasteiger partial charge in [0.2, 0.25) is 5.95 Å². The molecule has 0 unspecified atom stereocenters. The highest BCUT2D eigenvalue weighted by molar-refractivity contribution is 6.11. The first-order chi connectivity index (χ1) is 27.8. The number of hydrogen-bond acceptors (Lipinski definition) is 3. The van der Waals surface area contributed by atoms with Gasteiger partial charge in [-0.1, -0.05) is 152 Å². The van der Waals surface area contributed by atoms with Crippen molar-refractivity contribution < 1.29 is 0 Å². The van der Waals surface area contributed by atoms with Crippen molar-refractivity contribution in [1.82, 2.24) is 24.1 Å². The quantitative estimate of drug-likeness (QED) is 0.172. The highest BCUT2D eigenvalue weighted by atomic mass is 15.2. The molecule has 0 aliphatic heterocycles. The SMILES string of the molecule is c1ccc(-c2ccc3c(c2)c2ccccc2n3-c2cccc(-c3nc(-c4ccccc4)nc(-n4c5ccccc5c5cc(-c6ccccc6)ccc54)n3)c2)cc1. The molecule has 5 heteroatoms. The molecule has 0 spiro atoms. The van der Waals surface area contributed by atoms with Crippen molar-refractivity contribution >= 4 is 43.6 Å². The summed E-state index contributed by atoms with van der Waals surface area (Å²) >= 11 is 0. The van der Waals surface area contributed by atoms with Crippen molar-refractivity contribution in [2.24, 2.45) is 0 Å². The van der Waals surface area contributed by atoms with Gasteiger partial charge >= 0.3 is 0 Å². The first kappa shape index (κ1) is 31.9. The lowest BCUT2D eigenvalue weighted by Gasteiger charge is -2.13. The first-order valence-electron chi connectivity index (χ1n) is 18.9. The van der Waals surface area contributed by atoms with Gasteiger partial charge in [0.15, 0.2) is 11.6 Å². The summed E-state index contributed by atoms with van der Waals surface area (Å²) in [5, 5.41) is 4.71. The molecule has 0 aliphatic rings. The fourth-order valence-electron chi connectivity index (χ4n) is 8.15. The molecule has 0 saturated carbocycles. The molecule has 11 aromatic rings. The summed E-state index contributed by atoms with van der Waals surface area (Å²) in [6, 6.07) is 70.4. The topological polar surface area (TPSA) is 48.5 Å². The predicted molar refractivity (Wildman–Crippen MR) is 230 cm³/mol. The molecule has 3 heterocycles. The van der Waals surface area contributed by atoms with Gasteiger partial charge in [-0.2, -0.15) is 9.97 Å². The Labute approximate surface area is 323 Å². The molecule has 0 aliphatic carbocycles. The van der Waals surface area contributed by atoms with Gasteiger partial charge in [-0.05, 0) is 70.8 Å². The average Bonchev–Trinajstić information content (AvgIpc) is 3.79. The van der Waals surface area contributed by atoms with Crippen LogP contribution < -0.4 is 0 Å². The third kappa shape index (κ3) is 5.29. The maximum absolute atomic E-state index is 5.28. The lowest BCUT2D eigenvalue weighted by Crippen LogP contribution is -2.06. The zero-order valence-electron chi connectivity index (χ0n) is 30.3. The fraction of sp³-hybridized carbons (Fsp3) is 0. The summed E-state index contributed by atoms with van der Waals surface area (Å²) in [6.45, 7) is 0. The summed E-state index contributed by atoms with van der Waals surface area (Å²) in [7, 11) is 0. The summed E-state index contributed by atoms with van der Waals surface area (Å²) in [5.74, 6) is 1.80. The first-order valence-corrected chi connectivity index (χ1v) is 18.9. The van der Waals surface area contributed by atoms with E-state index in [9.17, 15) is 0 Å². The van der Waals surface area contributed by atoms with Crippen LogP contribution in [-0.4, -0.2) is 24.1 Å². The van der Waals surface area contributed by atoms with Crippen LogP contribution >= 0.6 is 0 Å². The highest BCUT2D eigenvalue weighted by Crippen LogP contribution is 2.37. The van der Waals surface area contributed by atoms with Gasteiger partial charge in [0.05, 0.1) is 22.1 Å². The maximum Gasteiger partial charge on any atom is 0.238 e. The molecule has 56 heavy (non-hydrogen) atoms. The van der Waals surface area contributed by atoms with Gasteiger partial charge in [0.1, 0.15) is 0 Å². The normalized spacial score (nSPS) is 11.6. The molecule has 262 valence electrons. The Hall–Kier alpha value is -7.63. The highest BCUT2D eigenvalue weighted by Gasteiger charge is 2.19. The summed E-state index contributed by atoms with van der Waals surface area (Å²) in [4.78, 5) is 15.6. The minimum Gasteiger partial charge on any atom is -0.309 e. The Bertz CT molecular complexity index is 3240. The molecule has 0 atom stereocenters. The second-order valence-electron chi connectivity index (χ2n) is 14.1. The Morgan fingerprint density at radius 3 is 1.30 bits per heavy atom. The van der Waals surface area contributed by atoms with Crippen molar-refractivity contribution in [2.45, 2.75) is 0 Å². The molecule has 5 nitrogen and oxygen atoms in total. The number of nitrogens with zero attached hydrogens (tertiary/aromatic N) is 5. The van der Waals surface area contributed by atoms with Crippen LogP contribution in [0.15, 0.2) is 200 Å². The standard InChI is InChI=1S/C51H33N5/c1-4-15-34(16-5-1)37-27-29-47-43(32-37)41-23-10-12-25-45(41)55(47)40-22-14-21-39(31-40)50-52-49(36-19-8-3-9-20-36)53-51(54-50)56-46-26-13-11-24-42(46)44-33-38(28-30-48(44)56)35-17-6-2-7-18-35/h1-33H. The molecule has 0 fully saturated rings. The molecule has 0 amide bonds. The van der Waals surface area contributed by atoms with E-state index in [1.807, 2.05) is 18.2 Å². The van der Waals surface area contributed by atoms with Crippen molar-refractivity contribution in [2.75, 3.05) is 0 Å². The number of hydrogen-bond donors (Lipinski definition) is 0. The smallest absolute Gasteiger partial charge is 0.238 e. The number of para-hydroxylation sites is 2. The molecule has 3 aromatic heterocycles. The Kier molecular flexibility index (Phi) is 7.42. The van der Waals surface area contributed by atoms with Crippen LogP contribution in [0.2, 0.25) is 0 Å². The largest absolute Gasteiger partial charge is 0.309 e. The van der Waals surface area contributed by atoms with Crippen LogP contribution in [0.1, 0.15) is 0 Å². The van der Waals surface area contributed by atoms with E-state index in [0.29, 0.717) is 17.6 Å². The minimum atomic E-state index is 0.572. The van der Waals surface area contributed by atoms with E-state index >= 15 is 0 Å². The number of benzene rings is 8. The molecular weight excluding hydrogens is 683 g/mol. The monoisotopic (exact) mass is 715 g/mol. The summed E-state index contributed by atoms with van der Waals surface area (Å²) < 4.78 is 4.53. The lowest BCUT2D eigenvalue weighted by molar-refractivity contribution is 0.953. The van der Waals surface area contributed by atoms with Crippen LogP contribution in [0.25, 0.3) is 100 Å². The Morgan fingerprint density at radius 1 is 0.268 bits per heavy atom. The maximum atomic E-state index is 5.28. The van der Waals surface area contributed by atoms with Crippen LogP contribution in [0.5, 0.6) is 0 Å². The van der Waals surface area contributed by atoms with Crippen LogP contribution in [0.4, 0.5) is 0 Å². The number of fused-ring (bicyclic) bond motifs is 6. The van der Waals surface area contributed by atoms with E-state index in [0.717, 1.165) is 49.7 Å². The third-order valence-corrected chi connectivity index (χ3v) is 10.8. The molecule has 0 bridgehead atoms. The van der Waals surface area contributed by atoms with Gasteiger partial charge in [-0.15, -0.1) is 0 Å². The van der Waals surface area contributed by atoms with Gasteiger partial charge in [-0.25, -0.2) is 4.98 Å². The predicted octanol–water partition coefficient (Wildman–Crippen LogP) is 12.7. The zero-order valence-corrected chi connectivity index (χ0v) is 30.3. The molecule has 0 saturated heterocycles. The third-order valence-electron chi connectivity index (χ3n) is 10.8. The van der Waals surface area contributed by atoms with Gasteiger partial charge < -0.3 is 4.57 Å². The van der Waals surface area contributed by atoms with Gasteiger partial charge in [0.25, 0.3) is 0 Å². The van der Waals surface area contributed by atoms with E-state index in [1.54, 1.807) is 0 Å². The second-order valence-corrected chi connectivity index (χ2v) is 14.1. The van der Waals surface area contributed by atoms with E-state index in [2.05, 4.69) is 191 Å². The van der Waals surface area contributed by atoms with E-state index in [1.165, 1.54) is 33.0 Å². The number of rotatable bonds is 6. The van der Waals surface area contributed by atoms with E-state index in [4.69, 9.17) is 15.0 Å². The van der Waals surface area contributed by atoms with Gasteiger partial charge in [-0.3, -0.25) is 4.57 Å². The van der Waals surface area contributed by atoms with Crippen molar-refractivity contribution in [3.05, 3.63) is 200 Å². The molecular formula is C51H33N5. The fourth-order valence-corrected chi connectivity index (χ4v) is 8.15. The van der Waals surface area contributed by atoms with E-state index in [-0.39, 0.29) is 0 Å². The molecule has 11 rings (SSSR count). The van der Waals surface area contributed by atoms with Crippen molar-refractivity contribution in [3.8, 4) is 56.7 Å². The molecule has 0 radical (unpaired) electrons. The average molecular weight is 716 g/mol. The molecule has 0 N–H and O–H groups in total. The lowest BCUT2D eigenvalue weighted by atomic mass is 10.0. The summed E-state index contributed by atoms with van der Waals surface area (Å²) in [5.41, 5.74) is 12.0. The van der Waals surface area contributed by atoms with Crippen LogP contribution in [0, 0.1) is 0 Å². The zero-order chi connectivity index (χ0) is 37.0. The van der Waals surface area contributed by atoms with Crippen LogP contribution in [-0.2, 0) is 0 Å². The number of aromatic nitrogens is 5. The second kappa shape index (κ2) is 13.0. The Balaban J connectivity index is 1.11. The van der Waals surface area contributed by atoms with E-state index < -0.39 is 0 Å². The van der Waals surface area contributed by atoms with Crippen molar-refractivity contribution in [3.63, 3.8) is 0 Å².